The molecule has 0 saturated carbocycles. The van der Waals surface area contributed by atoms with Gasteiger partial charge in [0.2, 0.25) is 0 Å². The van der Waals surface area contributed by atoms with Crippen molar-refractivity contribution >= 4 is 11.6 Å². The SMILES string of the molecule is Cn1cc(-c2cc[c]c(Cl)c2)cn1. The highest BCUT2D eigenvalue weighted by atomic mass is 35.5. The minimum atomic E-state index is 0.626. The van der Waals surface area contributed by atoms with Crippen molar-refractivity contribution in [3.05, 3.63) is 41.7 Å². The van der Waals surface area contributed by atoms with E-state index in [4.69, 9.17) is 11.6 Å². The molecule has 0 fully saturated rings. The fourth-order valence-electron chi connectivity index (χ4n) is 1.19. The number of hydrogen-bond acceptors (Lipinski definition) is 1. The molecule has 13 heavy (non-hydrogen) atoms. The average molecular weight is 192 g/mol. The van der Waals surface area contributed by atoms with Crippen LogP contribution in [0.2, 0.25) is 5.02 Å². The van der Waals surface area contributed by atoms with E-state index >= 15 is 0 Å². The molecule has 0 N–H and O–H groups in total. The van der Waals surface area contributed by atoms with Gasteiger partial charge in [0.05, 0.1) is 6.20 Å². The highest BCUT2D eigenvalue weighted by molar-refractivity contribution is 6.30. The Labute approximate surface area is 81.8 Å². The summed E-state index contributed by atoms with van der Waals surface area (Å²) in [6, 6.07) is 8.53. The van der Waals surface area contributed by atoms with Crippen molar-refractivity contribution in [3.8, 4) is 11.1 Å². The van der Waals surface area contributed by atoms with Crippen LogP contribution in [0.4, 0.5) is 0 Å². The first-order valence-electron chi connectivity index (χ1n) is 3.92. The summed E-state index contributed by atoms with van der Waals surface area (Å²) >= 11 is 5.82. The van der Waals surface area contributed by atoms with Gasteiger partial charge in [-0.3, -0.25) is 4.68 Å². The summed E-state index contributed by atoms with van der Waals surface area (Å²) in [6.45, 7) is 0. The Morgan fingerprint density at radius 2 is 2.31 bits per heavy atom. The van der Waals surface area contributed by atoms with Gasteiger partial charge in [-0.05, 0) is 11.6 Å². The topological polar surface area (TPSA) is 17.8 Å². The van der Waals surface area contributed by atoms with E-state index < -0.39 is 0 Å². The second-order valence-electron chi connectivity index (χ2n) is 2.83. The molecule has 0 spiro atoms. The predicted molar refractivity (Wildman–Crippen MR) is 52.5 cm³/mol. The van der Waals surface area contributed by atoms with E-state index in [0.717, 1.165) is 11.1 Å². The Morgan fingerprint density at radius 3 is 2.92 bits per heavy atom. The summed E-state index contributed by atoms with van der Waals surface area (Å²) in [7, 11) is 1.89. The van der Waals surface area contributed by atoms with Crippen LogP contribution in [0.3, 0.4) is 0 Å². The van der Waals surface area contributed by atoms with Crippen LogP contribution in [0, 0.1) is 6.07 Å². The third-order valence-corrected chi connectivity index (χ3v) is 2.02. The first kappa shape index (κ1) is 8.32. The molecule has 0 aliphatic rings. The lowest BCUT2D eigenvalue weighted by Gasteiger charge is -1.95. The zero-order chi connectivity index (χ0) is 9.26. The summed E-state index contributed by atoms with van der Waals surface area (Å²) < 4.78 is 1.76. The number of hydrogen-bond donors (Lipinski definition) is 0. The highest BCUT2D eigenvalue weighted by Crippen LogP contribution is 2.21. The highest BCUT2D eigenvalue weighted by Gasteiger charge is 1.99. The second kappa shape index (κ2) is 3.23. The van der Waals surface area contributed by atoms with Gasteiger partial charge in [0, 0.05) is 29.9 Å². The van der Waals surface area contributed by atoms with Gasteiger partial charge < -0.3 is 0 Å². The van der Waals surface area contributed by atoms with E-state index in [-0.39, 0.29) is 0 Å². The number of rotatable bonds is 1. The molecule has 0 unspecified atom stereocenters. The Hall–Kier alpha value is -1.28. The van der Waals surface area contributed by atoms with E-state index in [1.807, 2.05) is 37.6 Å². The molecule has 1 aromatic heterocycles. The maximum Gasteiger partial charge on any atom is 0.0568 e. The molecule has 0 atom stereocenters. The minimum Gasteiger partial charge on any atom is -0.275 e. The second-order valence-corrected chi connectivity index (χ2v) is 3.24. The summed E-state index contributed by atoms with van der Waals surface area (Å²) in [5.41, 5.74) is 2.13. The van der Waals surface area contributed by atoms with Crippen LogP contribution in [-0.2, 0) is 7.05 Å². The molecule has 1 radical (unpaired) electrons. The molecule has 2 nitrogen and oxygen atoms in total. The summed E-state index contributed by atoms with van der Waals surface area (Å²) in [6.07, 6.45) is 3.76. The van der Waals surface area contributed by atoms with Gasteiger partial charge in [-0.2, -0.15) is 5.10 Å². The maximum absolute atomic E-state index is 5.82. The molecule has 1 heterocycles. The monoisotopic (exact) mass is 191 g/mol. The van der Waals surface area contributed by atoms with Gasteiger partial charge in [0.1, 0.15) is 0 Å². The Kier molecular flexibility index (Phi) is 2.07. The van der Waals surface area contributed by atoms with Gasteiger partial charge >= 0.3 is 0 Å². The van der Waals surface area contributed by atoms with Crippen LogP contribution in [0.25, 0.3) is 11.1 Å². The Bertz CT molecular complexity index is 420. The van der Waals surface area contributed by atoms with Gasteiger partial charge in [0.25, 0.3) is 0 Å². The average Bonchev–Trinajstić information content (AvgIpc) is 2.52. The molecule has 0 bridgehead atoms. The molecular formula is C10H8ClN2. The predicted octanol–water partition coefficient (Wildman–Crippen LogP) is 2.54. The van der Waals surface area contributed by atoms with Crippen LogP contribution in [0.1, 0.15) is 0 Å². The summed E-state index contributed by atoms with van der Waals surface area (Å²) in [4.78, 5) is 0. The number of aromatic nitrogens is 2. The molecular weight excluding hydrogens is 184 g/mol. The third-order valence-electron chi connectivity index (χ3n) is 1.80. The van der Waals surface area contributed by atoms with Gasteiger partial charge in [0.15, 0.2) is 0 Å². The first-order valence-corrected chi connectivity index (χ1v) is 4.30. The molecule has 2 rings (SSSR count). The smallest absolute Gasteiger partial charge is 0.0568 e. The minimum absolute atomic E-state index is 0.626. The molecule has 1 aromatic carbocycles. The standard InChI is InChI=1S/C10H8ClN2/c1-13-7-9(6-12-13)8-3-2-4-10(11)5-8/h2-3,5-7H,1H3. The molecule has 0 aliphatic heterocycles. The van der Waals surface area contributed by atoms with Crippen molar-refractivity contribution in [3.63, 3.8) is 0 Å². The number of halogens is 1. The van der Waals surface area contributed by atoms with E-state index in [1.54, 1.807) is 4.68 Å². The van der Waals surface area contributed by atoms with Gasteiger partial charge in [-0.15, -0.1) is 0 Å². The van der Waals surface area contributed by atoms with E-state index in [0.29, 0.717) is 5.02 Å². The zero-order valence-electron chi connectivity index (χ0n) is 7.16. The molecule has 0 aliphatic carbocycles. The number of nitrogens with zero attached hydrogens (tertiary/aromatic N) is 2. The lowest BCUT2D eigenvalue weighted by molar-refractivity contribution is 0.768. The quantitative estimate of drug-likeness (QED) is 0.678. The van der Waals surface area contributed by atoms with Crippen molar-refractivity contribution in [1.29, 1.82) is 0 Å². The van der Waals surface area contributed by atoms with Crippen molar-refractivity contribution < 1.29 is 0 Å². The Morgan fingerprint density at radius 1 is 1.46 bits per heavy atom. The normalized spacial score (nSPS) is 10.3. The summed E-state index contributed by atoms with van der Waals surface area (Å²) in [5.74, 6) is 0. The van der Waals surface area contributed by atoms with Crippen LogP contribution in [-0.4, -0.2) is 9.78 Å². The lowest BCUT2D eigenvalue weighted by Crippen LogP contribution is -1.84. The van der Waals surface area contributed by atoms with Crippen LogP contribution in [0.5, 0.6) is 0 Å². The fraction of sp³-hybridized carbons (Fsp3) is 0.100. The number of benzene rings is 1. The Balaban J connectivity index is 2.46. The summed E-state index contributed by atoms with van der Waals surface area (Å²) in [5, 5.41) is 4.71. The van der Waals surface area contributed by atoms with E-state index in [1.165, 1.54) is 0 Å². The van der Waals surface area contributed by atoms with Crippen LogP contribution in [0.15, 0.2) is 30.6 Å². The van der Waals surface area contributed by atoms with Crippen LogP contribution >= 0.6 is 11.6 Å². The fourth-order valence-corrected chi connectivity index (χ4v) is 1.37. The van der Waals surface area contributed by atoms with Crippen molar-refractivity contribution in [2.24, 2.45) is 7.05 Å². The van der Waals surface area contributed by atoms with Crippen molar-refractivity contribution in [2.45, 2.75) is 0 Å². The molecule has 0 amide bonds. The van der Waals surface area contributed by atoms with Gasteiger partial charge in [-0.25, -0.2) is 0 Å². The molecule has 2 aromatic rings. The zero-order valence-corrected chi connectivity index (χ0v) is 7.92. The largest absolute Gasteiger partial charge is 0.275 e. The molecule has 65 valence electrons. The van der Waals surface area contributed by atoms with E-state index in [9.17, 15) is 0 Å². The van der Waals surface area contributed by atoms with Crippen LogP contribution < -0.4 is 0 Å². The van der Waals surface area contributed by atoms with Gasteiger partial charge in [-0.1, -0.05) is 23.7 Å². The first-order chi connectivity index (χ1) is 6.25. The van der Waals surface area contributed by atoms with Crippen molar-refractivity contribution in [2.75, 3.05) is 0 Å². The maximum atomic E-state index is 5.82. The molecule has 0 saturated heterocycles. The van der Waals surface area contributed by atoms with E-state index in [2.05, 4.69) is 11.2 Å². The molecule has 3 heteroatoms. The van der Waals surface area contributed by atoms with Crippen molar-refractivity contribution in [1.82, 2.24) is 9.78 Å². The number of aryl methyl sites for hydroxylation is 1. The third kappa shape index (κ3) is 1.73. The lowest BCUT2D eigenvalue weighted by atomic mass is 10.1.